The number of hydrogen-bond acceptors (Lipinski definition) is 2. The average molecular weight is 737 g/mol. The van der Waals surface area contributed by atoms with Crippen molar-refractivity contribution in [2.45, 2.75) is 0 Å². The lowest BCUT2D eigenvalue weighted by atomic mass is 10.0. The van der Waals surface area contributed by atoms with Crippen LogP contribution in [0.4, 0.5) is 0 Å². The number of halogens is 3. The second-order valence-corrected chi connectivity index (χ2v) is 11.3. The van der Waals surface area contributed by atoms with E-state index in [9.17, 15) is 0 Å². The van der Waals surface area contributed by atoms with Gasteiger partial charge in [0.15, 0.2) is 0 Å². The van der Waals surface area contributed by atoms with Crippen molar-refractivity contribution in [1.29, 1.82) is 0 Å². The Morgan fingerprint density at radius 3 is 1.55 bits per heavy atom. The monoisotopic (exact) mass is 735 g/mol. The minimum atomic E-state index is 0.640. The average Bonchev–Trinajstić information content (AvgIpc) is 2.96. The molecule has 0 aliphatic carbocycles. The smallest absolute Gasteiger partial charge is 0.537 e. The molecule has 0 heterocycles. The number of hydrogen-bond donors (Lipinski definition) is 1. The van der Waals surface area contributed by atoms with Crippen LogP contribution in [-0.4, -0.2) is 12.7 Å². The van der Waals surface area contributed by atoms with Crippen molar-refractivity contribution in [3.05, 3.63) is 146 Å². The van der Waals surface area contributed by atoms with Crippen LogP contribution in [0.5, 0.6) is 5.75 Å². The molecule has 6 rings (SSSR count). The van der Waals surface area contributed by atoms with Gasteiger partial charge in [-0.3, -0.25) is 0 Å². The molecule has 1 radical (unpaired) electrons. The molecule has 6 aromatic carbocycles. The second-order valence-electron chi connectivity index (χ2n) is 8.24. The van der Waals surface area contributed by atoms with E-state index in [2.05, 4.69) is 133 Å². The summed E-state index contributed by atoms with van der Waals surface area (Å²) in [4.78, 5) is 0. The summed E-state index contributed by atoms with van der Waals surface area (Å²) in [6.07, 6.45) is 0. The summed E-state index contributed by atoms with van der Waals surface area (Å²) in [5, 5.41) is 13.3. The summed E-state index contributed by atoms with van der Waals surface area (Å²) in [6, 6.07) is 45.2. The molecule has 6 aromatic rings. The molecule has 0 spiro atoms. The highest BCUT2D eigenvalue weighted by Crippen LogP contribution is 2.25. The maximum absolute atomic E-state index is 8.44. The fourth-order valence-electron chi connectivity index (χ4n) is 3.74. The molecule has 6 heteroatoms. The Balaban J connectivity index is 0.000000142. The van der Waals surface area contributed by atoms with Gasteiger partial charge in [-0.15, -0.1) is 0 Å². The highest BCUT2D eigenvalue weighted by atomic mass is 127. The molecule has 0 aromatic heterocycles. The van der Waals surface area contributed by atoms with E-state index in [0.717, 1.165) is 19.7 Å². The van der Waals surface area contributed by atoms with Gasteiger partial charge in [-0.05, 0) is 110 Å². The molecule has 187 valence electrons. The van der Waals surface area contributed by atoms with Crippen molar-refractivity contribution in [1.82, 2.24) is 0 Å². The summed E-state index contributed by atoms with van der Waals surface area (Å²) in [7, 11) is 0.685. The lowest BCUT2D eigenvalue weighted by molar-refractivity contribution is 0.454. The molecule has 1 N–H and O–H groups in total. The summed E-state index contributed by atoms with van der Waals surface area (Å²) in [5.74, 6) is 0.640. The zero-order chi connectivity index (χ0) is 26.7. The van der Waals surface area contributed by atoms with E-state index in [1.165, 1.54) is 25.5 Å². The largest absolute Gasteiger partial charge is 0.569 e. The number of rotatable bonds is 3. The van der Waals surface area contributed by atoms with Gasteiger partial charge >= 0.3 is 7.69 Å². The minimum absolute atomic E-state index is 0.640. The number of benzene rings is 6. The van der Waals surface area contributed by atoms with Gasteiger partial charge in [-0.25, -0.2) is 0 Å². The zero-order valence-electron chi connectivity index (χ0n) is 20.3. The maximum atomic E-state index is 8.44. The third-order valence-corrected chi connectivity index (χ3v) is 7.42. The van der Waals surface area contributed by atoms with Crippen LogP contribution < -0.4 is 4.65 Å². The van der Waals surface area contributed by atoms with Gasteiger partial charge in [-0.1, -0.05) is 111 Å². The molecule has 0 saturated carbocycles. The van der Waals surface area contributed by atoms with E-state index in [1.807, 2.05) is 54.6 Å². The summed E-state index contributed by atoms with van der Waals surface area (Å²) in [5.41, 5.74) is 2.51. The van der Waals surface area contributed by atoms with Crippen LogP contribution in [0.1, 0.15) is 0 Å². The highest BCUT2D eigenvalue weighted by Gasteiger charge is 1.99. The standard InChI is InChI=1S/C16H11Br.C10H8BO2.C6H4BrI/c17-16-9-7-13(8-10-16)15-6-5-12-3-1-2-4-14(12)11-15;12-11-13-10-6-5-8-3-1-2-4-9(8)7-10;7-5-1-3-6(8)4-2-5/h1-11H;1-7,12H;1-4H. The van der Waals surface area contributed by atoms with Crippen LogP contribution in [0.25, 0.3) is 32.7 Å². The summed E-state index contributed by atoms with van der Waals surface area (Å²) >= 11 is 9.08. The third kappa shape index (κ3) is 8.43. The Morgan fingerprint density at radius 1 is 0.526 bits per heavy atom. The molecule has 0 amide bonds. The predicted octanol–water partition coefficient (Wildman–Crippen LogP) is 10.1. The van der Waals surface area contributed by atoms with Gasteiger partial charge < -0.3 is 9.68 Å². The van der Waals surface area contributed by atoms with Crippen LogP contribution in [0.15, 0.2) is 142 Å². The van der Waals surface area contributed by atoms with Gasteiger partial charge in [0.2, 0.25) is 0 Å². The van der Waals surface area contributed by atoms with Crippen molar-refractivity contribution in [3.63, 3.8) is 0 Å². The first-order chi connectivity index (χ1) is 18.5. The molecule has 0 fully saturated rings. The van der Waals surface area contributed by atoms with E-state index < -0.39 is 0 Å². The van der Waals surface area contributed by atoms with Gasteiger partial charge in [0, 0.05) is 12.5 Å². The van der Waals surface area contributed by atoms with Crippen molar-refractivity contribution in [3.8, 4) is 16.9 Å². The van der Waals surface area contributed by atoms with Crippen LogP contribution in [0, 0.1) is 3.57 Å². The van der Waals surface area contributed by atoms with Gasteiger partial charge in [0.25, 0.3) is 0 Å². The molecule has 0 saturated heterocycles. The van der Waals surface area contributed by atoms with Gasteiger partial charge in [-0.2, -0.15) is 0 Å². The Hall–Kier alpha value is -2.65. The van der Waals surface area contributed by atoms with Crippen molar-refractivity contribution in [2.75, 3.05) is 0 Å². The van der Waals surface area contributed by atoms with E-state index in [1.54, 1.807) is 0 Å². The first-order valence-electron chi connectivity index (χ1n) is 11.8. The number of fused-ring (bicyclic) bond motifs is 2. The molecule has 0 aliphatic rings. The van der Waals surface area contributed by atoms with Crippen molar-refractivity contribution in [2.24, 2.45) is 0 Å². The predicted molar refractivity (Wildman–Crippen MR) is 176 cm³/mol. The summed E-state index contributed by atoms with van der Waals surface area (Å²) in [6.45, 7) is 0. The Kier molecular flexibility index (Phi) is 10.8. The SMILES string of the molecule is Brc1ccc(-c2ccc3ccccc3c2)cc1.Brc1ccc(I)cc1.O[B]Oc1ccc2ccccc2c1. The molecule has 38 heavy (non-hydrogen) atoms. The van der Waals surface area contributed by atoms with Crippen LogP contribution in [0.2, 0.25) is 0 Å². The molecule has 0 aliphatic heterocycles. The topological polar surface area (TPSA) is 29.5 Å². The molecule has 0 atom stereocenters. The molecule has 0 unspecified atom stereocenters. The molecule has 2 nitrogen and oxygen atoms in total. The minimum Gasteiger partial charge on any atom is -0.537 e. The van der Waals surface area contributed by atoms with Crippen LogP contribution in [0.3, 0.4) is 0 Å². The van der Waals surface area contributed by atoms with Gasteiger partial charge in [0.05, 0.1) is 0 Å². The Morgan fingerprint density at radius 2 is 1.00 bits per heavy atom. The van der Waals surface area contributed by atoms with E-state index in [4.69, 9.17) is 9.68 Å². The molecular formula is C32H23BBr2IO2. The fourth-order valence-corrected chi connectivity index (χ4v) is 4.63. The van der Waals surface area contributed by atoms with E-state index in [-0.39, 0.29) is 0 Å². The van der Waals surface area contributed by atoms with Crippen molar-refractivity contribution < 1.29 is 9.68 Å². The van der Waals surface area contributed by atoms with Crippen molar-refractivity contribution >= 4 is 83.7 Å². The Bertz CT molecular complexity index is 1590. The van der Waals surface area contributed by atoms with E-state index in [0.29, 0.717) is 13.4 Å². The lowest BCUT2D eigenvalue weighted by Gasteiger charge is -2.04. The first-order valence-corrected chi connectivity index (χ1v) is 14.5. The lowest BCUT2D eigenvalue weighted by Crippen LogP contribution is -1.99. The maximum Gasteiger partial charge on any atom is 0.569 e. The third-order valence-electron chi connectivity index (χ3n) is 5.64. The van der Waals surface area contributed by atoms with Crippen LogP contribution >= 0.6 is 54.5 Å². The van der Waals surface area contributed by atoms with Gasteiger partial charge in [0.1, 0.15) is 5.75 Å². The summed E-state index contributed by atoms with van der Waals surface area (Å²) < 4.78 is 8.36. The molecular weight excluding hydrogens is 714 g/mol. The molecule has 0 bridgehead atoms. The quantitative estimate of drug-likeness (QED) is 0.145. The fraction of sp³-hybridized carbons (Fsp3) is 0. The van der Waals surface area contributed by atoms with Crippen LogP contribution in [-0.2, 0) is 0 Å². The second kappa shape index (κ2) is 14.5. The first kappa shape index (κ1) is 28.4. The Labute approximate surface area is 254 Å². The highest BCUT2D eigenvalue weighted by molar-refractivity contribution is 14.1. The van der Waals surface area contributed by atoms with E-state index >= 15 is 0 Å². The zero-order valence-corrected chi connectivity index (χ0v) is 25.6. The normalized spacial score (nSPS) is 10.1.